The van der Waals surface area contributed by atoms with Crippen LogP contribution in [0.1, 0.15) is 18.4 Å². The number of hydrogen-bond acceptors (Lipinski definition) is 5. The minimum absolute atomic E-state index is 0.0161. The van der Waals surface area contributed by atoms with Crippen molar-refractivity contribution < 1.29 is 10.0 Å². The van der Waals surface area contributed by atoms with Crippen LogP contribution in [0.2, 0.25) is 0 Å². The Morgan fingerprint density at radius 3 is 2.95 bits per heavy atom. The zero-order valence-corrected chi connectivity index (χ0v) is 11.7. The van der Waals surface area contributed by atoms with E-state index in [2.05, 4.69) is 5.32 Å². The molecule has 1 atom stereocenters. The molecule has 1 unspecified atom stereocenters. The number of anilines is 1. The first-order valence-electron chi connectivity index (χ1n) is 6.96. The molecule has 1 aliphatic rings. The van der Waals surface area contributed by atoms with Gasteiger partial charge in [0.1, 0.15) is 5.69 Å². The fraction of sp³-hybridized carbons (Fsp3) is 0.571. The summed E-state index contributed by atoms with van der Waals surface area (Å²) in [7, 11) is 0. The van der Waals surface area contributed by atoms with Crippen molar-refractivity contribution in [3.8, 4) is 0 Å². The average molecular weight is 279 g/mol. The van der Waals surface area contributed by atoms with Gasteiger partial charge in [-0.2, -0.15) is 0 Å². The van der Waals surface area contributed by atoms with Crippen molar-refractivity contribution in [3.63, 3.8) is 0 Å². The number of rotatable bonds is 6. The Kier molecular flexibility index (Phi) is 4.92. The smallest absolute Gasteiger partial charge is 0.292 e. The van der Waals surface area contributed by atoms with Crippen LogP contribution in [0.4, 0.5) is 11.4 Å². The van der Waals surface area contributed by atoms with Gasteiger partial charge in [-0.05, 0) is 37.9 Å². The highest BCUT2D eigenvalue weighted by Gasteiger charge is 2.23. The molecule has 2 rings (SSSR count). The molecule has 0 radical (unpaired) electrons. The van der Waals surface area contributed by atoms with Gasteiger partial charge in [0.15, 0.2) is 0 Å². The van der Waals surface area contributed by atoms with Crippen molar-refractivity contribution >= 4 is 11.4 Å². The molecule has 0 aliphatic carbocycles. The van der Waals surface area contributed by atoms with Gasteiger partial charge >= 0.3 is 0 Å². The van der Waals surface area contributed by atoms with E-state index in [0.717, 1.165) is 24.9 Å². The molecule has 2 N–H and O–H groups in total. The Morgan fingerprint density at radius 2 is 2.35 bits per heavy atom. The van der Waals surface area contributed by atoms with Crippen molar-refractivity contribution in [3.05, 3.63) is 33.9 Å². The van der Waals surface area contributed by atoms with Crippen molar-refractivity contribution in [1.82, 2.24) is 5.32 Å². The van der Waals surface area contributed by atoms with Gasteiger partial charge in [0, 0.05) is 25.2 Å². The summed E-state index contributed by atoms with van der Waals surface area (Å²) in [5.74, 6) is 0. The van der Waals surface area contributed by atoms with Crippen LogP contribution in [-0.4, -0.2) is 42.3 Å². The molecule has 0 bridgehead atoms. The number of aryl methyl sites for hydroxylation is 1. The third-order valence-corrected chi connectivity index (χ3v) is 3.64. The first kappa shape index (κ1) is 14.7. The summed E-state index contributed by atoms with van der Waals surface area (Å²) in [5.41, 5.74) is 1.67. The molecular weight excluding hydrogens is 258 g/mol. The van der Waals surface area contributed by atoms with Gasteiger partial charge in [-0.1, -0.05) is 6.07 Å². The van der Waals surface area contributed by atoms with E-state index in [-0.39, 0.29) is 17.2 Å². The van der Waals surface area contributed by atoms with Crippen LogP contribution < -0.4 is 10.2 Å². The highest BCUT2D eigenvalue weighted by atomic mass is 16.6. The molecule has 1 saturated heterocycles. The van der Waals surface area contributed by atoms with Gasteiger partial charge in [-0.25, -0.2) is 0 Å². The van der Waals surface area contributed by atoms with Crippen LogP contribution in [0.3, 0.4) is 0 Å². The Bertz CT molecular complexity index is 473. The zero-order valence-electron chi connectivity index (χ0n) is 11.7. The molecule has 110 valence electrons. The predicted octanol–water partition coefficient (Wildman–Crippen LogP) is 1.45. The van der Waals surface area contributed by atoms with Crippen molar-refractivity contribution in [1.29, 1.82) is 0 Å². The standard InChI is InChI=1S/C14H21N3O3/c1-11-4-5-13(17(19)20)14(9-11)16(7-8-18)10-12-3-2-6-15-12/h4-5,9,12,15,18H,2-3,6-8,10H2,1H3. The summed E-state index contributed by atoms with van der Waals surface area (Å²) in [4.78, 5) is 12.7. The van der Waals surface area contributed by atoms with E-state index in [9.17, 15) is 15.2 Å². The minimum atomic E-state index is -0.360. The summed E-state index contributed by atoms with van der Waals surface area (Å²) < 4.78 is 0. The van der Waals surface area contributed by atoms with Gasteiger partial charge < -0.3 is 15.3 Å². The lowest BCUT2D eigenvalue weighted by molar-refractivity contribution is -0.384. The number of nitrogens with zero attached hydrogens (tertiary/aromatic N) is 2. The Morgan fingerprint density at radius 1 is 1.55 bits per heavy atom. The maximum atomic E-state index is 11.2. The molecular formula is C14H21N3O3. The monoisotopic (exact) mass is 279 g/mol. The second-order valence-electron chi connectivity index (χ2n) is 5.21. The molecule has 20 heavy (non-hydrogen) atoms. The van der Waals surface area contributed by atoms with E-state index in [1.165, 1.54) is 6.07 Å². The molecule has 1 fully saturated rings. The number of aliphatic hydroxyl groups excluding tert-OH is 1. The molecule has 1 heterocycles. The van der Waals surface area contributed by atoms with E-state index in [1.54, 1.807) is 6.07 Å². The number of nitro groups is 1. The van der Waals surface area contributed by atoms with Gasteiger partial charge in [0.2, 0.25) is 0 Å². The summed E-state index contributed by atoms with van der Waals surface area (Å²) >= 11 is 0. The molecule has 1 aliphatic heterocycles. The normalized spacial score (nSPS) is 18.2. The Hall–Kier alpha value is -1.66. The van der Waals surface area contributed by atoms with Crippen LogP contribution in [0.15, 0.2) is 18.2 Å². The Balaban J connectivity index is 2.26. The maximum Gasteiger partial charge on any atom is 0.292 e. The lowest BCUT2D eigenvalue weighted by Gasteiger charge is -2.27. The van der Waals surface area contributed by atoms with Gasteiger partial charge in [-0.15, -0.1) is 0 Å². The van der Waals surface area contributed by atoms with Crippen molar-refractivity contribution in [2.45, 2.75) is 25.8 Å². The number of benzene rings is 1. The van der Waals surface area contributed by atoms with Gasteiger partial charge in [0.05, 0.1) is 11.5 Å². The number of hydrogen-bond donors (Lipinski definition) is 2. The highest BCUT2D eigenvalue weighted by molar-refractivity contribution is 5.64. The van der Waals surface area contributed by atoms with Crippen LogP contribution >= 0.6 is 0 Å². The van der Waals surface area contributed by atoms with Crippen LogP contribution in [-0.2, 0) is 0 Å². The Labute approximate surface area is 118 Å². The van der Waals surface area contributed by atoms with E-state index < -0.39 is 0 Å². The molecule has 0 aromatic heterocycles. The molecule has 1 aromatic rings. The highest BCUT2D eigenvalue weighted by Crippen LogP contribution is 2.29. The number of nitrogens with one attached hydrogen (secondary N) is 1. The lowest BCUT2D eigenvalue weighted by Crippen LogP contribution is -2.39. The van der Waals surface area contributed by atoms with E-state index in [4.69, 9.17) is 0 Å². The molecule has 1 aromatic carbocycles. The van der Waals surface area contributed by atoms with Crippen molar-refractivity contribution in [2.24, 2.45) is 0 Å². The number of aliphatic hydroxyl groups is 1. The van der Waals surface area contributed by atoms with Crippen LogP contribution in [0, 0.1) is 17.0 Å². The summed E-state index contributed by atoms with van der Waals surface area (Å²) in [6.45, 7) is 3.98. The average Bonchev–Trinajstić information content (AvgIpc) is 2.90. The number of nitro benzene ring substituents is 1. The SMILES string of the molecule is Cc1ccc([N+](=O)[O-])c(N(CCO)CC2CCCN2)c1. The zero-order chi connectivity index (χ0) is 14.5. The quantitative estimate of drug-likeness (QED) is 0.609. The molecule has 0 spiro atoms. The fourth-order valence-electron chi connectivity index (χ4n) is 2.65. The van der Waals surface area contributed by atoms with Crippen LogP contribution in [0.5, 0.6) is 0 Å². The summed E-state index contributed by atoms with van der Waals surface area (Å²) in [5, 5.41) is 23.8. The van der Waals surface area contributed by atoms with E-state index in [0.29, 0.717) is 24.8 Å². The summed E-state index contributed by atoms with van der Waals surface area (Å²) in [6, 6.07) is 5.44. The largest absolute Gasteiger partial charge is 0.395 e. The van der Waals surface area contributed by atoms with Crippen molar-refractivity contribution in [2.75, 3.05) is 31.1 Å². The maximum absolute atomic E-state index is 11.2. The predicted molar refractivity (Wildman–Crippen MR) is 78.2 cm³/mol. The van der Waals surface area contributed by atoms with Gasteiger partial charge in [0.25, 0.3) is 5.69 Å². The van der Waals surface area contributed by atoms with E-state index in [1.807, 2.05) is 17.9 Å². The first-order valence-corrected chi connectivity index (χ1v) is 6.96. The summed E-state index contributed by atoms with van der Waals surface area (Å²) in [6.07, 6.45) is 2.20. The topological polar surface area (TPSA) is 78.6 Å². The third kappa shape index (κ3) is 3.46. The molecule has 6 heteroatoms. The van der Waals surface area contributed by atoms with Gasteiger partial charge in [-0.3, -0.25) is 10.1 Å². The lowest BCUT2D eigenvalue weighted by atomic mass is 10.1. The second kappa shape index (κ2) is 6.67. The third-order valence-electron chi connectivity index (χ3n) is 3.64. The second-order valence-corrected chi connectivity index (χ2v) is 5.21. The minimum Gasteiger partial charge on any atom is -0.395 e. The molecule has 0 saturated carbocycles. The molecule has 6 nitrogen and oxygen atoms in total. The fourth-order valence-corrected chi connectivity index (χ4v) is 2.65. The molecule has 0 amide bonds. The first-order chi connectivity index (χ1) is 9.61. The van der Waals surface area contributed by atoms with E-state index >= 15 is 0 Å². The van der Waals surface area contributed by atoms with Crippen LogP contribution in [0.25, 0.3) is 0 Å².